The average Bonchev–Trinajstić information content (AvgIpc) is 3.44. The third kappa shape index (κ3) is 3.98. The molecule has 148 valence electrons. The van der Waals surface area contributed by atoms with Crippen molar-refractivity contribution in [2.24, 2.45) is 4.99 Å². The summed E-state index contributed by atoms with van der Waals surface area (Å²) in [7, 11) is 0. The number of para-hydroxylation sites is 1. The Bertz CT molecular complexity index is 1160. The zero-order valence-corrected chi connectivity index (χ0v) is 16.8. The monoisotopic (exact) mass is 393 g/mol. The van der Waals surface area contributed by atoms with Crippen molar-refractivity contribution in [1.82, 2.24) is 0 Å². The number of rotatable bonds is 6. The number of allylic oxidation sites excluding steroid dienone is 2. The van der Waals surface area contributed by atoms with E-state index in [1.807, 2.05) is 48.5 Å². The van der Waals surface area contributed by atoms with Crippen molar-refractivity contribution in [2.75, 3.05) is 0 Å². The van der Waals surface area contributed by atoms with Crippen LogP contribution in [-0.4, -0.2) is 5.71 Å². The van der Waals surface area contributed by atoms with E-state index in [4.69, 9.17) is 14.5 Å². The first-order valence-electron chi connectivity index (χ1n) is 10.2. The summed E-state index contributed by atoms with van der Waals surface area (Å²) in [5, 5.41) is 0. The van der Waals surface area contributed by atoms with E-state index in [2.05, 4.69) is 36.9 Å². The van der Waals surface area contributed by atoms with Crippen molar-refractivity contribution in [2.45, 2.75) is 26.1 Å². The smallest absolute Gasteiger partial charge is 0.128 e. The largest absolute Gasteiger partial charge is 0.457 e. The predicted molar refractivity (Wildman–Crippen MR) is 121 cm³/mol. The number of fused-ring (bicyclic) bond motifs is 1. The molecule has 0 N–H and O–H groups in total. The minimum Gasteiger partial charge on any atom is -0.457 e. The lowest BCUT2D eigenvalue weighted by Crippen LogP contribution is -2.02. The van der Waals surface area contributed by atoms with E-state index in [9.17, 15) is 0 Å². The highest BCUT2D eigenvalue weighted by Crippen LogP contribution is 2.30. The molecular weight excluding hydrogens is 370 g/mol. The maximum atomic E-state index is 5.96. The van der Waals surface area contributed by atoms with Gasteiger partial charge in [0.15, 0.2) is 0 Å². The molecule has 0 unspecified atom stereocenters. The molecule has 0 saturated carbocycles. The summed E-state index contributed by atoms with van der Waals surface area (Å²) in [6, 6.07) is 24.5. The molecule has 0 atom stereocenters. The zero-order chi connectivity index (χ0) is 20.3. The van der Waals surface area contributed by atoms with E-state index in [1.165, 1.54) is 16.7 Å². The fourth-order valence-corrected chi connectivity index (χ4v) is 3.86. The lowest BCUT2D eigenvalue weighted by atomic mass is 9.98. The Labute approximate surface area is 177 Å². The van der Waals surface area contributed by atoms with Crippen LogP contribution in [0.15, 0.2) is 96.0 Å². The maximum absolute atomic E-state index is 5.96. The lowest BCUT2D eigenvalue weighted by Gasteiger charge is -2.08. The topological polar surface area (TPSA) is 30.8 Å². The summed E-state index contributed by atoms with van der Waals surface area (Å²) in [5.41, 5.74) is 8.01. The highest BCUT2D eigenvalue weighted by molar-refractivity contribution is 6.07. The van der Waals surface area contributed by atoms with Crippen LogP contribution in [0.1, 0.15) is 28.7 Å². The molecule has 0 aromatic heterocycles. The molecular formula is C27H23NO2. The van der Waals surface area contributed by atoms with Crippen molar-refractivity contribution in [3.63, 3.8) is 0 Å². The van der Waals surface area contributed by atoms with E-state index in [0.29, 0.717) is 6.61 Å². The molecule has 3 aromatic rings. The molecule has 0 bridgehead atoms. The van der Waals surface area contributed by atoms with Gasteiger partial charge in [-0.25, -0.2) is 0 Å². The molecule has 5 rings (SSSR count). The number of nitrogens with zero attached hydrogens (tertiary/aromatic N) is 1. The molecule has 0 spiro atoms. The summed E-state index contributed by atoms with van der Waals surface area (Å²) >= 11 is 0. The van der Waals surface area contributed by atoms with Crippen LogP contribution in [0.25, 0.3) is 5.70 Å². The fourth-order valence-electron chi connectivity index (χ4n) is 3.86. The second-order valence-electron chi connectivity index (χ2n) is 7.67. The predicted octanol–water partition coefficient (Wildman–Crippen LogP) is 6.49. The zero-order valence-electron chi connectivity index (χ0n) is 16.8. The van der Waals surface area contributed by atoms with Crippen LogP contribution >= 0.6 is 0 Å². The van der Waals surface area contributed by atoms with Gasteiger partial charge in [0.1, 0.15) is 11.5 Å². The summed E-state index contributed by atoms with van der Waals surface area (Å²) in [5.74, 6) is 1.63. The van der Waals surface area contributed by atoms with Crippen LogP contribution in [0, 0.1) is 0 Å². The Balaban J connectivity index is 1.28. The molecule has 2 aliphatic heterocycles. The normalized spacial score (nSPS) is 14.8. The van der Waals surface area contributed by atoms with E-state index in [-0.39, 0.29) is 0 Å². The summed E-state index contributed by atoms with van der Waals surface area (Å²) in [4.78, 5) is 4.87. The molecule has 2 heterocycles. The number of ether oxygens (including phenoxy) is 2. The Morgan fingerprint density at radius 3 is 2.63 bits per heavy atom. The molecule has 3 heteroatoms. The van der Waals surface area contributed by atoms with Crippen molar-refractivity contribution in [3.05, 3.63) is 113 Å². The first-order valence-corrected chi connectivity index (χ1v) is 10.2. The average molecular weight is 393 g/mol. The van der Waals surface area contributed by atoms with Crippen LogP contribution < -0.4 is 4.74 Å². The van der Waals surface area contributed by atoms with Crippen LogP contribution in [0.4, 0.5) is 0 Å². The number of aliphatic imine (C=N–C) groups is 1. The van der Waals surface area contributed by atoms with Gasteiger partial charge in [-0.2, -0.15) is 0 Å². The lowest BCUT2D eigenvalue weighted by molar-refractivity contribution is 0.134. The molecule has 3 nitrogen and oxygen atoms in total. The minimum atomic E-state index is 0.712. The number of hydrogen-bond acceptors (Lipinski definition) is 3. The third-order valence-corrected chi connectivity index (χ3v) is 5.46. The Morgan fingerprint density at radius 1 is 0.900 bits per heavy atom. The first-order chi connectivity index (χ1) is 14.7. The van der Waals surface area contributed by atoms with Gasteiger partial charge in [0.05, 0.1) is 18.9 Å². The molecule has 0 radical (unpaired) electrons. The van der Waals surface area contributed by atoms with Gasteiger partial charge in [-0.3, -0.25) is 4.99 Å². The Kier molecular flexibility index (Phi) is 5.04. The van der Waals surface area contributed by atoms with Crippen LogP contribution in [-0.2, 0) is 24.4 Å². The summed E-state index contributed by atoms with van der Waals surface area (Å²) < 4.78 is 11.5. The minimum absolute atomic E-state index is 0.712. The van der Waals surface area contributed by atoms with Gasteiger partial charge in [0.25, 0.3) is 0 Å². The highest BCUT2D eigenvalue weighted by Gasteiger charge is 2.16. The molecule has 0 saturated heterocycles. The van der Waals surface area contributed by atoms with Gasteiger partial charge in [0, 0.05) is 17.7 Å². The summed E-state index contributed by atoms with van der Waals surface area (Å²) in [6.45, 7) is 5.74. The van der Waals surface area contributed by atoms with E-state index >= 15 is 0 Å². The van der Waals surface area contributed by atoms with Crippen molar-refractivity contribution in [1.29, 1.82) is 0 Å². The van der Waals surface area contributed by atoms with Gasteiger partial charge >= 0.3 is 0 Å². The van der Waals surface area contributed by atoms with Crippen molar-refractivity contribution >= 4 is 11.4 Å². The number of benzene rings is 3. The molecule has 0 amide bonds. The van der Waals surface area contributed by atoms with Crippen LogP contribution in [0.5, 0.6) is 11.5 Å². The standard InChI is InChI=1S/C27H23NO2/c1-19(14-20-10-11-22-17-29-18-23(22)15-20)26-12-13-27(28-26)21-6-5-9-25(16-21)30-24-7-3-2-4-8-24/h2-11,13,15-16H,1,12,14,17-18H2. The summed E-state index contributed by atoms with van der Waals surface area (Å²) in [6.07, 6.45) is 3.79. The van der Waals surface area contributed by atoms with Crippen LogP contribution in [0.3, 0.4) is 0 Å². The Morgan fingerprint density at radius 2 is 1.73 bits per heavy atom. The van der Waals surface area contributed by atoms with Gasteiger partial charge in [-0.05, 0) is 52.9 Å². The fraction of sp³-hybridized carbons (Fsp3) is 0.148. The van der Waals surface area contributed by atoms with Crippen LogP contribution in [0.2, 0.25) is 0 Å². The molecule has 30 heavy (non-hydrogen) atoms. The van der Waals surface area contributed by atoms with Gasteiger partial charge in [-0.15, -0.1) is 0 Å². The Hall–Kier alpha value is -3.43. The van der Waals surface area contributed by atoms with Gasteiger partial charge < -0.3 is 9.47 Å². The highest BCUT2D eigenvalue weighted by atomic mass is 16.5. The van der Waals surface area contributed by atoms with E-state index in [0.717, 1.165) is 53.5 Å². The molecule has 3 aromatic carbocycles. The molecule has 0 fully saturated rings. The van der Waals surface area contributed by atoms with E-state index < -0.39 is 0 Å². The van der Waals surface area contributed by atoms with E-state index in [1.54, 1.807) is 0 Å². The quantitative estimate of drug-likeness (QED) is 0.479. The molecule has 0 aliphatic carbocycles. The van der Waals surface area contributed by atoms with Crippen molar-refractivity contribution < 1.29 is 9.47 Å². The van der Waals surface area contributed by atoms with Gasteiger partial charge in [0.2, 0.25) is 0 Å². The molecule has 2 aliphatic rings. The number of hydrogen-bond donors (Lipinski definition) is 0. The first kappa shape index (κ1) is 18.6. The van der Waals surface area contributed by atoms with Gasteiger partial charge in [-0.1, -0.05) is 61.2 Å². The van der Waals surface area contributed by atoms with Crippen molar-refractivity contribution in [3.8, 4) is 11.5 Å². The maximum Gasteiger partial charge on any atom is 0.128 e. The SMILES string of the molecule is C=C(Cc1ccc2c(c1)COC2)C1=NC(c2cccc(Oc3ccccc3)c2)=CC1. The second-order valence-corrected chi connectivity index (χ2v) is 7.67. The third-order valence-electron chi connectivity index (χ3n) is 5.46. The second kappa shape index (κ2) is 8.13.